The van der Waals surface area contributed by atoms with Crippen LogP contribution in [0.2, 0.25) is 0 Å². The van der Waals surface area contributed by atoms with E-state index in [-0.39, 0.29) is 0 Å². The minimum Gasteiger partial charge on any atom is -0.309 e. The van der Waals surface area contributed by atoms with Crippen molar-refractivity contribution in [3.8, 4) is 22.3 Å². The van der Waals surface area contributed by atoms with Gasteiger partial charge in [-0.05, 0) is 85.3 Å². The van der Waals surface area contributed by atoms with Crippen molar-refractivity contribution in [3.05, 3.63) is 136 Å². The predicted molar refractivity (Wildman–Crippen MR) is 143 cm³/mol. The van der Waals surface area contributed by atoms with E-state index < -0.39 is 0 Å². The lowest BCUT2D eigenvalue weighted by molar-refractivity contribution is 0.985. The molecule has 0 aromatic heterocycles. The van der Waals surface area contributed by atoms with Crippen molar-refractivity contribution in [1.82, 2.24) is 0 Å². The standard InChI is InChI=1S/C34H23N/c1-4-10-25-21(8-1)17-30-27(25)14-13-23-15-24-19-28-26-11-5-2-7-20(26)16-29(28)31-18-22-9-3-6-12-32(22)35(33(23)30)34(24)31/h1-14,19H,15-18H2. The number of anilines is 3. The lowest BCUT2D eigenvalue weighted by Crippen LogP contribution is -2.26. The first-order chi connectivity index (χ1) is 17.3. The fourth-order valence-electron chi connectivity index (χ4n) is 7.29. The van der Waals surface area contributed by atoms with Gasteiger partial charge in [-0.1, -0.05) is 78.9 Å². The van der Waals surface area contributed by atoms with Gasteiger partial charge in [0.05, 0.1) is 11.4 Å². The van der Waals surface area contributed by atoms with Gasteiger partial charge in [-0.15, -0.1) is 0 Å². The lowest BCUT2D eigenvalue weighted by atomic mass is 9.81. The van der Waals surface area contributed by atoms with Crippen molar-refractivity contribution < 1.29 is 0 Å². The van der Waals surface area contributed by atoms with Crippen LogP contribution in [0.5, 0.6) is 0 Å². The van der Waals surface area contributed by atoms with Gasteiger partial charge in [0.25, 0.3) is 0 Å². The molecular formula is C34H23N. The Kier molecular flexibility index (Phi) is 3.29. The average Bonchev–Trinajstić information content (AvgIpc) is 3.47. The van der Waals surface area contributed by atoms with Gasteiger partial charge in [0.2, 0.25) is 0 Å². The van der Waals surface area contributed by atoms with Gasteiger partial charge in [0, 0.05) is 24.9 Å². The van der Waals surface area contributed by atoms with Crippen LogP contribution in [-0.2, 0) is 25.7 Å². The summed E-state index contributed by atoms with van der Waals surface area (Å²) in [7, 11) is 0. The van der Waals surface area contributed by atoms with Crippen LogP contribution in [0, 0.1) is 0 Å². The summed E-state index contributed by atoms with van der Waals surface area (Å²) in [5, 5.41) is 0. The maximum absolute atomic E-state index is 2.65. The molecule has 2 aliphatic carbocycles. The van der Waals surface area contributed by atoms with Gasteiger partial charge < -0.3 is 4.90 Å². The van der Waals surface area contributed by atoms with E-state index >= 15 is 0 Å². The van der Waals surface area contributed by atoms with Crippen molar-refractivity contribution in [2.24, 2.45) is 0 Å². The van der Waals surface area contributed by atoms with Crippen LogP contribution in [0.4, 0.5) is 17.1 Å². The maximum Gasteiger partial charge on any atom is 0.0538 e. The molecule has 0 spiro atoms. The zero-order chi connectivity index (χ0) is 22.7. The molecule has 9 rings (SSSR count). The van der Waals surface area contributed by atoms with Crippen molar-refractivity contribution in [1.29, 1.82) is 0 Å². The van der Waals surface area contributed by atoms with Crippen molar-refractivity contribution >= 4 is 17.1 Å². The Balaban J connectivity index is 1.36. The molecule has 35 heavy (non-hydrogen) atoms. The fraction of sp³-hybridized carbons (Fsp3) is 0.118. The summed E-state index contributed by atoms with van der Waals surface area (Å²) >= 11 is 0. The largest absolute Gasteiger partial charge is 0.309 e. The molecule has 1 nitrogen and oxygen atoms in total. The quantitative estimate of drug-likeness (QED) is 0.228. The number of benzene rings is 5. The molecule has 0 fully saturated rings. The molecule has 5 aromatic rings. The Labute approximate surface area is 205 Å². The van der Waals surface area contributed by atoms with E-state index in [1.165, 1.54) is 72.7 Å². The molecule has 0 unspecified atom stereocenters. The second kappa shape index (κ2) is 6.31. The highest BCUT2D eigenvalue weighted by Crippen LogP contribution is 2.57. The molecule has 0 amide bonds. The highest BCUT2D eigenvalue weighted by atomic mass is 15.2. The van der Waals surface area contributed by atoms with E-state index in [0.717, 1.165) is 25.7 Å². The van der Waals surface area contributed by atoms with E-state index in [2.05, 4.69) is 95.9 Å². The summed E-state index contributed by atoms with van der Waals surface area (Å²) in [6, 6.07) is 34.4. The second-order valence-corrected chi connectivity index (χ2v) is 10.5. The van der Waals surface area contributed by atoms with Gasteiger partial charge in [-0.25, -0.2) is 0 Å². The molecular weight excluding hydrogens is 422 g/mol. The Hall–Kier alpha value is -4.10. The molecule has 0 saturated carbocycles. The fourth-order valence-corrected chi connectivity index (χ4v) is 7.29. The van der Waals surface area contributed by atoms with Gasteiger partial charge in [0.1, 0.15) is 0 Å². The molecule has 0 atom stereocenters. The summed E-state index contributed by atoms with van der Waals surface area (Å²) in [5.41, 5.74) is 21.9. The van der Waals surface area contributed by atoms with Crippen LogP contribution >= 0.6 is 0 Å². The maximum atomic E-state index is 2.65. The highest BCUT2D eigenvalue weighted by molar-refractivity contribution is 5.97. The molecule has 5 aromatic carbocycles. The van der Waals surface area contributed by atoms with Crippen LogP contribution in [-0.4, -0.2) is 0 Å². The number of nitrogens with zero attached hydrogens (tertiary/aromatic N) is 1. The summed E-state index contributed by atoms with van der Waals surface area (Å²) in [6.07, 6.45) is 4.11. The molecule has 0 saturated heterocycles. The van der Waals surface area contributed by atoms with Crippen LogP contribution in [0.3, 0.4) is 0 Å². The minimum atomic E-state index is 1.01. The number of hydrogen-bond acceptors (Lipinski definition) is 1. The first-order valence-electron chi connectivity index (χ1n) is 12.7. The normalized spacial score (nSPS) is 14.9. The number of fused-ring (bicyclic) bond motifs is 12. The Morgan fingerprint density at radius 3 is 1.86 bits per heavy atom. The number of hydrogen-bond donors (Lipinski definition) is 0. The second-order valence-electron chi connectivity index (χ2n) is 10.5. The lowest BCUT2D eigenvalue weighted by Gasteiger charge is -2.41. The number of rotatable bonds is 0. The summed E-state index contributed by atoms with van der Waals surface area (Å²) in [5.74, 6) is 0. The Morgan fingerprint density at radius 2 is 1.03 bits per heavy atom. The summed E-state index contributed by atoms with van der Waals surface area (Å²) in [6.45, 7) is 0. The third kappa shape index (κ3) is 2.24. The molecule has 0 bridgehead atoms. The van der Waals surface area contributed by atoms with E-state index in [1.54, 1.807) is 11.1 Å². The average molecular weight is 446 g/mol. The molecule has 0 radical (unpaired) electrons. The van der Waals surface area contributed by atoms with E-state index in [0.29, 0.717) is 0 Å². The first kappa shape index (κ1) is 18.3. The van der Waals surface area contributed by atoms with Crippen molar-refractivity contribution in [2.45, 2.75) is 25.7 Å². The molecule has 164 valence electrons. The third-order valence-electron chi connectivity index (χ3n) is 8.74. The topological polar surface area (TPSA) is 3.24 Å². The van der Waals surface area contributed by atoms with Gasteiger partial charge >= 0.3 is 0 Å². The van der Waals surface area contributed by atoms with Gasteiger partial charge in [-0.3, -0.25) is 0 Å². The van der Waals surface area contributed by atoms with Gasteiger partial charge in [-0.2, -0.15) is 0 Å². The first-order valence-corrected chi connectivity index (χ1v) is 12.7. The Bertz CT molecular complexity index is 1760. The predicted octanol–water partition coefficient (Wildman–Crippen LogP) is 8.11. The molecule has 0 N–H and O–H groups in total. The van der Waals surface area contributed by atoms with E-state index in [9.17, 15) is 0 Å². The van der Waals surface area contributed by atoms with Crippen LogP contribution in [0.15, 0.2) is 91.0 Å². The van der Waals surface area contributed by atoms with Crippen LogP contribution < -0.4 is 4.90 Å². The molecule has 2 aliphatic heterocycles. The molecule has 4 aliphatic rings. The minimum absolute atomic E-state index is 1.01. The molecule has 2 heterocycles. The van der Waals surface area contributed by atoms with Gasteiger partial charge in [0.15, 0.2) is 0 Å². The zero-order valence-corrected chi connectivity index (χ0v) is 19.4. The van der Waals surface area contributed by atoms with Crippen molar-refractivity contribution in [2.75, 3.05) is 4.90 Å². The molecule has 1 heteroatoms. The SMILES string of the molecule is c1ccc2c(c1)Cc1c-2cc2c3c1Cc1ccccc1N3c1c(ccc3c1Cc1ccccc1-3)C2. The summed E-state index contributed by atoms with van der Waals surface area (Å²) < 4.78 is 0. The van der Waals surface area contributed by atoms with Crippen LogP contribution in [0.1, 0.15) is 44.5 Å². The monoisotopic (exact) mass is 445 g/mol. The van der Waals surface area contributed by atoms with Crippen molar-refractivity contribution in [3.63, 3.8) is 0 Å². The Morgan fingerprint density at radius 1 is 0.400 bits per heavy atom. The highest BCUT2D eigenvalue weighted by Gasteiger charge is 2.38. The zero-order valence-electron chi connectivity index (χ0n) is 19.4. The smallest absolute Gasteiger partial charge is 0.0538 e. The third-order valence-corrected chi connectivity index (χ3v) is 8.74. The van der Waals surface area contributed by atoms with E-state index in [4.69, 9.17) is 0 Å². The summed E-state index contributed by atoms with van der Waals surface area (Å²) in [4.78, 5) is 2.65. The van der Waals surface area contributed by atoms with Crippen LogP contribution in [0.25, 0.3) is 22.3 Å². The number of para-hydroxylation sites is 1. The van der Waals surface area contributed by atoms with E-state index in [1.807, 2.05) is 0 Å².